The average molecular weight is 609 g/mol. The predicted molar refractivity (Wildman–Crippen MR) is 147 cm³/mol. The molecular weight excluding hydrogens is 579 g/mol. The van der Waals surface area contributed by atoms with Gasteiger partial charge in [-0.3, -0.25) is 28.0 Å². The van der Waals surface area contributed by atoms with Crippen LogP contribution in [0.1, 0.15) is 38.6 Å². The number of aliphatic hydroxyl groups is 2. The van der Waals surface area contributed by atoms with E-state index in [9.17, 15) is 19.6 Å². The molecule has 2 fully saturated rings. The molecule has 0 amide bonds. The van der Waals surface area contributed by atoms with Gasteiger partial charge in [0.1, 0.15) is 24.2 Å². The second-order valence-electron chi connectivity index (χ2n) is 10.3. The summed E-state index contributed by atoms with van der Waals surface area (Å²) in [4.78, 5) is 35.1. The highest BCUT2D eigenvalue weighted by molar-refractivity contribution is 8.44. The molecule has 2 aliphatic rings. The van der Waals surface area contributed by atoms with E-state index in [1.807, 2.05) is 0 Å². The van der Waals surface area contributed by atoms with Crippen molar-refractivity contribution in [1.29, 1.82) is 0 Å². The van der Waals surface area contributed by atoms with Gasteiger partial charge in [0.15, 0.2) is 28.9 Å². The number of aliphatic hydroxyl groups excluding tert-OH is 2. The summed E-state index contributed by atoms with van der Waals surface area (Å²) in [6.07, 6.45) is 0.400. The highest BCUT2D eigenvalue weighted by Gasteiger charge is 2.43. The van der Waals surface area contributed by atoms with Crippen molar-refractivity contribution < 1.29 is 28.6 Å². The minimum Gasteiger partial charge on any atom is -0.390 e. The third-order valence-corrected chi connectivity index (χ3v) is 9.27. The summed E-state index contributed by atoms with van der Waals surface area (Å²) in [6, 6.07) is 0. The third kappa shape index (κ3) is 5.20. The van der Waals surface area contributed by atoms with E-state index >= 15 is 0 Å². The summed E-state index contributed by atoms with van der Waals surface area (Å²) in [5.41, 5.74) is 11.9. The Hall–Kier alpha value is -3.12. The molecule has 220 valence electrons. The van der Waals surface area contributed by atoms with Gasteiger partial charge in [-0.05, 0) is 31.1 Å². The number of nitrogens with two attached hydrogens (primary N) is 2. The Morgan fingerprint density at radius 2 is 1.95 bits per heavy atom. The molecule has 0 saturated carbocycles. The molecule has 0 aliphatic carbocycles. The fourth-order valence-corrected chi connectivity index (χ4v) is 6.89. The SMILES string of the molecule is CC1CC[C@@H]2C[C@H](n3cnc4c(N)ncnc43)OC2COP(=O)(S)OC(C(O)n2cnc3c(=O)[nH]c(N)nc32)C1O. The molecule has 0 radical (unpaired) electrons. The van der Waals surface area contributed by atoms with E-state index in [0.717, 1.165) is 10.9 Å². The van der Waals surface area contributed by atoms with Crippen LogP contribution >= 0.6 is 19.0 Å². The first kappa shape index (κ1) is 28.0. The molecule has 0 aromatic carbocycles. The Bertz CT molecular complexity index is 1700. The van der Waals surface area contributed by atoms with Crippen molar-refractivity contribution in [2.45, 2.75) is 57.0 Å². The van der Waals surface area contributed by atoms with E-state index in [1.165, 1.54) is 6.33 Å². The molecule has 7 N–H and O–H groups in total. The van der Waals surface area contributed by atoms with Crippen molar-refractivity contribution >= 4 is 53.1 Å². The number of imidazole rings is 2. The van der Waals surface area contributed by atoms with Crippen LogP contribution in [0.3, 0.4) is 0 Å². The van der Waals surface area contributed by atoms with Gasteiger partial charge in [0.2, 0.25) is 5.95 Å². The molecule has 0 bridgehead atoms. The van der Waals surface area contributed by atoms with E-state index in [-0.39, 0.29) is 35.5 Å². The molecular formula is C22H29N10O7PS. The molecule has 8 atom stereocenters. The van der Waals surface area contributed by atoms with Crippen LogP contribution in [0.25, 0.3) is 22.3 Å². The standard InChI is InChI=1S/C22H29N10O7PS/c1-9-2-3-10-4-12(31-7-27-13-17(23)25-6-26-18(13)31)38-11(10)5-37-40(36,41)39-16(15(9)33)21(35)32-8-28-14-19(32)29-22(24)30-20(14)34/h6-12,15-16,21,33,35H,2-5H2,1H3,(H,36,41)(H2,23,25,26)(H3,24,29,30,34)/t9?,10-,11?,12-,15?,16?,21?,40?/m1/s1. The van der Waals surface area contributed by atoms with Crippen LogP contribution in [-0.4, -0.2) is 74.2 Å². The number of hydrogen-bond donors (Lipinski definition) is 6. The number of H-pyrrole nitrogens is 1. The molecule has 2 aliphatic heterocycles. The fourth-order valence-electron chi connectivity index (χ4n) is 5.43. The summed E-state index contributed by atoms with van der Waals surface area (Å²) in [5, 5.41) is 22.6. The molecule has 4 aromatic heterocycles. The maximum Gasteiger partial charge on any atom is 0.386 e. The zero-order valence-electron chi connectivity index (χ0n) is 21.7. The smallest absolute Gasteiger partial charge is 0.386 e. The fraction of sp³-hybridized carbons (Fsp3) is 0.545. The van der Waals surface area contributed by atoms with Gasteiger partial charge >= 0.3 is 6.80 Å². The number of rotatable bonds is 3. The number of ether oxygens (including phenoxy) is 1. The normalized spacial score (nSPS) is 32.1. The molecule has 41 heavy (non-hydrogen) atoms. The van der Waals surface area contributed by atoms with Crippen LogP contribution in [0.15, 0.2) is 23.8 Å². The van der Waals surface area contributed by atoms with Gasteiger partial charge in [0.05, 0.1) is 31.5 Å². The number of aromatic amines is 1. The minimum absolute atomic E-state index is 0.0422. The van der Waals surface area contributed by atoms with Crippen molar-refractivity contribution in [1.82, 2.24) is 39.0 Å². The van der Waals surface area contributed by atoms with Gasteiger partial charge in [-0.25, -0.2) is 24.5 Å². The Balaban J connectivity index is 1.25. The van der Waals surface area contributed by atoms with Crippen LogP contribution in [0, 0.1) is 11.8 Å². The van der Waals surface area contributed by atoms with Crippen LogP contribution in [0.5, 0.6) is 0 Å². The number of fused-ring (bicyclic) bond motifs is 3. The van der Waals surface area contributed by atoms with E-state index in [1.54, 1.807) is 17.8 Å². The lowest BCUT2D eigenvalue weighted by atomic mass is 9.87. The Kier molecular flexibility index (Phi) is 7.25. The highest BCUT2D eigenvalue weighted by Crippen LogP contribution is 2.56. The van der Waals surface area contributed by atoms with E-state index in [0.29, 0.717) is 30.4 Å². The lowest BCUT2D eigenvalue weighted by molar-refractivity contribution is -0.0959. The number of aromatic nitrogens is 8. The number of nitrogens with one attached hydrogen (secondary N) is 1. The summed E-state index contributed by atoms with van der Waals surface area (Å²) < 4.78 is 33.9. The van der Waals surface area contributed by atoms with Gasteiger partial charge in [0, 0.05) is 0 Å². The Morgan fingerprint density at radius 3 is 2.76 bits per heavy atom. The molecule has 2 saturated heterocycles. The van der Waals surface area contributed by atoms with E-state index in [4.69, 9.17) is 25.3 Å². The first-order valence-electron chi connectivity index (χ1n) is 12.8. The average Bonchev–Trinajstić information content (AvgIpc) is 3.65. The molecule has 6 heterocycles. The third-order valence-electron chi connectivity index (χ3n) is 7.66. The summed E-state index contributed by atoms with van der Waals surface area (Å²) in [6.45, 7) is -2.50. The van der Waals surface area contributed by atoms with Crippen molar-refractivity contribution in [3.05, 3.63) is 29.3 Å². The monoisotopic (exact) mass is 608 g/mol. The Morgan fingerprint density at radius 1 is 1.17 bits per heavy atom. The quantitative estimate of drug-likeness (QED) is 0.139. The minimum atomic E-state index is -4.16. The highest BCUT2D eigenvalue weighted by atomic mass is 32.7. The molecule has 6 unspecified atom stereocenters. The van der Waals surface area contributed by atoms with Crippen molar-refractivity contribution in [3.8, 4) is 0 Å². The van der Waals surface area contributed by atoms with Crippen LogP contribution in [-0.2, 0) is 18.3 Å². The largest absolute Gasteiger partial charge is 0.390 e. The van der Waals surface area contributed by atoms with Gasteiger partial charge in [0.25, 0.3) is 5.56 Å². The molecule has 17 nitrogen and oxygen atoms in total. The number of nitrogen functional groups attached to an aromatic ring is 2. The van der Waals surface area contributed by atoms with Crippen molar-refractivity contribution in [2.75, 3.05) is 18.1 Å². The Labute approximate surface area is 237 Å². The van der Waals surface area contributed by atoms with Gasteiger partial charge in [-0.1, -0.05) is 19.2 Å². The van der Waals surface area contributed by atoms with E-state index < -0.39 is 49.0 Å². The zero-order valence-corrected chi connectivity index (χ0v) is 23.5. The zero-order chi connectivity index (χ0) is 29.1. The summed E-state index contributed by atoms with van der Waals surface area (Å²) in [5.74, 6) is -0.412. The lowest BCUT2D eigenvalue weighted by Gasteiger charge is -2.32. The van der Waals surface area contributed by atoms with Crippen molar-refractivity contribution in [3.63, 3.8) is 0 Å². The predicted octanol–water partition coefficient (Wildman–Crippen LogP) is 0.749. The number of thiol groups is 1. The maximum absolute atomic E-state index is 13.4. The molecule has 4 aromatic rings. The van der Waals surface area contributed by atoms with Crippen molar-refractivity contribution in [2.24, 2.45) is 11.8 Å². The van der Waals surface area contributed by atoms with Gasteiger partial charge < -0.3 is 26.4 Å². The van der Waals surface area contributed by atoms with Crippen LogP contribution in [0.4, 0.5) is 11.8 Å². The molecule has 19 heteroatoms. The lowest BCUT2D eigenvalue weighted by Crippen LogP contribution is -2.40. The first-order chi connectivity index (χ1) is 19.5. The maximum atomic E-state index is 13.4. The van der Waals surface area contributed by atoms with E-state index in [2.05, 4.69) is 42.2 Å². The number of hydrogen-bond acceptors (Lipinski definition) is 14. The molecule has 6 rings (SSSR count). The van der Waals surface area contributed by atoms with Gasteiger partial charge in [-0.2, -0.15) is 4.98 Å². The number of anilines is 2. The first-order valence-corrected chi connectivity index (χ1v) is 15.5. The second-order valence-corrected chi connectivity index (χ2v) is 13.2. The van der Waals surface area contributed by atoms with Crippen LogP contribution < -0.4 is 17.0 Å². The topological polar surface area (TPSA) is 244 Å². The number of nitrogens with zero attached hydrogens (tertiary/aromatic N) is 7. The summed E-state index contributed by atoms with van der Waals surface area (Å²) in [7, 11) is 0. The van der Waals surface area contributed by atoms with Gasteiger partial charge in [-0.15, -0.1) is 0 Å². The summed E-state index contributed by atoms with van der Waals surface area (Å²) >= 11 is 4.12. The second kappa shape index (κ2) is 10.6. The molecule has 0 spiro atoms. The van der Waals surface area contributed by atoms with Crippen LogP contribution in [0.2, 0.25) is 0 Å².